The molecule has 1 atom stereocenters. The highest BCUT2D eigenvalue weighted by Gasteiger charge is 2.26. The molecule has 0 aliphatic carbocycles. The number of hydrogen-bond donors (Lipinski definition) is 1. The van der Waals surface area contributed by atoms with Crippen molar-refractivity contribution in [2.75, 3.05) is 13.1 Å². The van der Waals surface area contributed by atoms with Gasteiger partial charge in [0.05, 0.1) is 18.0 Å². The summed E-state index contributed by atoms with van der Waals surface area (Å²) in [5.41, 5.74) is 1.39. The zero-order valence-corrected chi connectivity index (χ0v) is 15.0. The van der Waals surface area contributed by atoms with Gasteiger partial charge in [-0.15, -0.1) is 0 Å². The molecule has 6 nitrogen and oxygen atoms in total. The number of aromatic nitrogens is 2. The van der Waals surface area contributed by atoms with E-state index in [1.54, 1.807) is 29.1 Å². The average Bonchev–Trinajstić information content (AvgIpc) is 3.15. The molecule has 1 aromatic carbocycles. The lowest BCUT2D eigenvalue weighted by Gasteiger charge is -2.33. The van der Waals surface area contributed by atoms with Crippen molar-refractivity contribution in [3.05, 3.63) is 53.9 Å². The number of carbonyl (C=O) groups excluding carboxylic acids is 1. The molecular formula is C20H25N3O3. The van der Waals surface area contributed by atoms with E-state index in [0.29, 0.717) is 18.0 Å². The fourth-order valence-corrected chi connectivity index (χ4v) is 3.60. The predicted octanol–water partition coefficient (Wildman–Crippen LogP) is 2.70. The Morgan fingerprint density at radius 1 is 1.27 bits per heavy atom. The third-order valence-electron chi connectivity index (χ3n) is 5.07. The topological polar surface area (TPSA) is 75.4 Å². The van der Waals surface area contributed by atoms with Crippen LogP contribution in [0.5, 0.6) is 0 Å². The number of carboxylic acid groups (broad SMARTS) is 1. The summed E-state index contributed by atoms with van der Waals surface area (Å²) in [6.07, 6.45) is 6.38. The van der Waals surface area contributed by atoms with Crippen molar-refractivity contribution in [3.8, 4) is 0 Å². The molecule has 2 aromatic rings. The van der Waals surface area contributed by atoms with Gasteiger partial charge in [0.25, 0.3) is 0 Å². The molecule has 0 radical (unpaired) electrons. The summed E-state index contributed by atoms with van der Waals surface area (Å²) in [5, 5.41) is 13.3. The normalized spacial score (nSPS) is 16.4. The first-order valence-electron chi connectivity index (χ1n) is 9.11. The van der Waals surface area contributed by atoms with E-state index in [-0.39, 0.29) is 11.8 Å². The Labute approximate surface area is 153 Å². The third-order valence-corrected chi connectivity index (χ3v) is 5.07. The van der Waals surface area contributed by atoms with Crippen molar-refractivity contribution >= 4 is 11.9 Å². The van der Waals surface area contributed by atoms with Gasteiger partial charge in [0.15, 0.2) is 0 Å². The average molecular weight is 355 g/mol. The number of aromatic carboxylic acids is 1. The van der Waals surface area contributed by atoms with E-state index in [1.807, 2.05) is 30.2 Å². The third kappa shape index (κ3) is 4.50. The van der Waals surface area contributed by atoms with Crippen molar-refractivity contribution in [3.63, 3.8) is 0 Å². The molecular weight excluding hydrogens is 330 g/mol. The van der Waals surface area contributed by atoms with Gasteiger partial charge in [0.1, 0.15) is 0 Å². The van der Waals surface area contributed by atoms with Crippen LogP contribution in [-0.4, -0.2) is 44.8 Å². The summed E-state index contributed by atoms with van der Waals surface area (Å²) in [7, 11) is 0. The Morgan fingerprint density at radius 3 is 2.69 bits per heavy atom. The molecule has 0 spiro atoms. The standard InChI is InChI=1S/C20H25N3O3/c1-15(14-23-9-3-8-21-23)19(24)22-10-6-16(7-11-22)12-17-4-2-5-18(13-17)20(25)26/h2-5,8-9,13,15-16H,6-7,10-12,14H2,1H3,(H,25,26). The first kappa shape index (κ1) is 18.2. The van der Waals surface area contributed by atoms with E-state index in [9.17, 15) is 9.59 Å². The molecule has 1 saturated heterocycles. The molecule has 1 aromatic heterocycles. The number of rotatable bonds is 6. The molecule has 1 amide bonds. The highest BCUT2D eigenvalue weighted by Crippen LogP contribution is 2.23. The summed E-state index contributed by atoms with van der Waals surface area (Å²) < 4.78 is 1.80. The van der Waals surface area contributed by atoms with E-state index >= 15 is 0 Å². The second kappa shape index (κ2) is 8.17. The van der Waals surface area contributed by atoms with Crippen LogP contribution < -0.4 is 0 Å². The minimum absolute atomic E-state index is 0.0845. The van der Waals surface area contributed by atoms with Crippen molar-refractivity contribution in [2.24, 2.45) is 11.8 Å². The van der Waals surface area contributed by atoms with Gasteiger partial charge in [-0.2, -0.15) is 5.10 Å². The highest BCUT2D eigenvalue weighted by atomic mass is 16.4. The number of carboxylic acids is 1. The zero-order chi connectivity index (χ0) is 18.5. The second-order valence-corrected chi connectivity index (χ2v) is 7.11. The Hall–Kier alpha value is -2.63. The maximum atomic E-state index is 12.6. The summed E-state index contributed by atoms with van der Waals surface area (Å²) in [4.78, 5) is 25.7. The molecule has 1 fully saturated rings. The minimum atomic E-state index is -0.890. The van der Waals surface area contributed by atoms with Crippen LogP contribution in [0.2, 0.25) is 0 Å². The molecule has 1 N–H and O–H groups in total. The number of hydrogen-bond acceptors (Lipinski definition) is 3. The molecule has 0 saturated carbocycles. The van der Waals surface area contributed by atoms with Crippen LogP contribution in [0.3, 0.4) is 0 Å². The van der Waals surface area contributed by atoms with Gasteiger partial charge in [-0.05, 0) is 48.9 Å². The van der Waals surface area contributed by atoms with Crippen LogP contribution in [0.1, 0.15) is 35.7 Å². The second-order valence-electron chi connectivity index (χ2n) is 7.11. The molecule has 6 heteroatoms. The van der Waals surface area contributed by atoms with E-state index in [4.69, 9.17) is 5.11 Å². The molecule has 26 heavy (non-hydrogen) atoms. The fourth-order valence-electron chi connectivity index (χ4n) is 3.60. The van der Waals surface area contributed by atoms with Gasteiger partial charge in [0.2, 0.25) is 5.91 Å². The largest absolute Gasteiger partial charge is 0.478 e. The first-order chi connectivity index (χ1) is 12.5. The summed E-state index contributed by atoms with van der Waals surface area (Å²) in [5.74, 6) is -0.298. The summed E-state index contributed by atoms with van der Waals surface area (Å²) in [6.45, 7) is 4.10. The number of piperidine rings is 1. The van der Waals surface area contributed by atoms with Crippen LogP contribution in [0.4, 0.5) is 0 Å². The lowest BCUT2D eigenvalue weighted by molar-refractivity contribution is -0.136. The van der Waals surface area contributed by atoms with E-state index in [1.165, 1.54) is 0 Å². The fraction of sp³-hybridized carbons (Fsp3) is 0.450. The van der Waals surface area contributed by atoms with E-state index in [2.05, 4.69) is 5.10 Å². The minimum Gasteiger partial charge on any atom is -0.478 e. The molecule has 1 unspecified atom stereocenters. The maximum Gasteiger partial charge on any atom is 0.335 e. The molecule has 1 aliphatic heterocycles. The monoisotopic (exact) mass is 355 g/mol. The van der Waals surface area contributed by atoms with Gasteiger partial charge in [-0.1, -0.05) is 19.1 Å². The smallest absolute Gasteiger partial charge is 0.335 e. The number of nitrogens with zero attached hydrogens (tertiary/aromatic N) is 3. The first-order valence-corrected chi connectivity index (χ1v) is 9.11. The van der Waals surface area contributed by atoms with Crippen LogP contribution >= 0.6 is 0 Å². The molecule has 1 aliphatic rings. The SMILES string of the molecule is CC(Cn1cccn1)C(=O)N1CCC(Cc2cccc(C(=O)O)c2)CC1. The van der Waals surface area contributed by atoms with Crippen LogP contribution in [0.25, 0.3) is 0 Å². The van der Waals surface area contributed by atoms with Gasteiger partial charge in [0, 0.05) is 25.5 Å². The van der Waals surface area contributed by atoms with Crippen LogP contribution in [0.15, 0.2) is 42.7 Å². The number of amides is 1. The Morgan fingerprint density at radius 2 is 2.04 bits per heavy atom. The predicted molar refractivity (Wildman–Crippen MR) is 97.8 cm³/mol. The van der Waals surface area contributed by atoms with Gasteiger partial charge >= 0.3 is 5.97 Å². The van der Waals surface area contributed by atoms with Crippen LogP contribution in [0, 0.1) is 11.8 Å². The van der Waals surface area contributed by atoms with E-state index < -0.39 is 5.97 Å². The van der Waals surface area contributed by atoms with Crippen molar-refractivity contribution < 1.29 is 14.7 Å². The zero-order valence-electron chi connectivity index (χ0n) is 15.0. The maximum absolute atomic E-state index is 12.6. The molecule has 3 rings (SSSR count). The van der Waals surface area contributed by atoms with Crippen molar-refractivity contribution in [1.29, 1.82) is 0 Å². The van der Waals surface area contributed by atoms with Crippen molar-refractivity contribution in [1.82, 2.24) is 14.7 Å². The number of carbonyl (C=O) groups is 2. The Kier molecular flexibility index (Phi) is 5.71. The van der Waals surface area contributed by atoms with Gasteiger partial charge in [-0.25, -0.2) is 4.79 Å². The Bertz CT molecular complexity index is 749. The van der Waals surface area contributed by atoms with E-state index in [0.717, 1.165) is 37.9 Å². The molecule has 138 valence electrons. The van der Waals surface area contributed by atoms with Gasteiger partial charge < -0.3 is 10.0 Å². The highest BCUT2D eigenvalue weighted by molar-refractivity contribution is 5.87. The van der Waals surface area contributed by atoms with Gasteiger partial charge in [-0.3, -0.25) is 9.48 Å². The molecule has 2 heterocycles. The lowest BCUT2D eigenvalue weighted by atomic mass is 9.89. The summed E-state index contributed by atoms with van der Waals surface area (Å²) in [6, 6.07) is 9.02. The number of benzene rings is 1. The molecule has 0 bridgehead atoms. The quantitative estimate of drug-likeness (QED) is 0.864. The number of likely N-dealkylation sites (tertiary alicyclic amines) is 1. The van der Waals surface area contributed by atoms with Crippen LogP contribution in [-0.2, 0) is 17.8 Å². The van der Waals surface area contributed by atoms with Crippen molar-refractivity contribution in [2.45, 2.75) is 32.7 Å². The summed E-state index contributed by atoms with van der Waals surface area (Å²) >= 11 is 0. The Balaban J connectivity index is 1.50. The lowest BCUT2D eigenvalue weighted by Crippen LogP contribution is -2.42.